The van der Waals surface area contributed by atoms with E-state index in [0.29, 0.717) is 6.04 Å². The third-order valence-corrected chi connectivity index (χ3v) is 5.66. The van der Waals surface area contributed by atoms with Gasteiger partial charge < -0.3 is 20.3 Å². The molecule has 2 N–H and O–H groups in total. The van der Waals surface area contributed by atoms with Crippen LogP contribution in [0.1, 0.15) is 23.8 Å². The average molecular weight is 373 g/mol. The lowest BCUT2D eigenvalue weighted by molar-refractivity contribution is 0.415. The standard InChI is InChI=1S/C20H28N4OS/c1-4-21-20(22-13-19-15(2)10-12-26-19)23-16-9-11-24(14-16)17-7-5-6-8-18(17)25-3/h5-8,10,12,16H,4,9,11,13-14H2,1-3H3,(H2,21,22,23). The van der Waals surface area contributed by atoms with Crippen molar-refractivity contribution < 1.29 is 4.74 Å². The molecule has 2 aromatic rings. The summed E-state index contributed by atoms with van der Waals surface area (Å²) in [7, 11) is 1.73. The predicted octanol–water partition coefficient (Wildman–Crippen LogP) is 3.40. The minimum Gasteiger partial charge on any atom is -0.495 e. The van der Waals surface area contributed by atoms with E-state index in [1.807, 2.05) is 12.1 Å². The van der Waals surface area contributed by atoms with Gasteiger partial charge in [0.05, 0.1) is 19.3 Å². The molecule has 1 aliphatic rings. The number of aryl methyl sites for hydroxylation is 1. The Hall–Kier alpha value is -2.21. The number of thiophene rings is 1. The summed E-state index contributed by atoms with van der Waals surface area (Å²) in [4.78, 5) is 8.48. The number of rotatable bonds is 6. The van der Waals surface area contributed by atoms with E-state index in [-0.39, 0.29) is 0 Å². The van der Waals surface area contributed by atoms with E-state index in [9.17, 15) is 0 Å². The van der Waals surface area contributed by atoms with Crippen molar-refractivity contribution >= 4 is 23.0 Å². The number of anilines is 1. The zero-order chi connectivity index (χ0) is 18.4. The Balaban J connectivity index is 1.62. The molecule has 1 aromatic carbocycles. The molecule has 5 nitrogen and oxygen atoms in total. The fourth-order valence-corrected chi connectivity index (χ4v) is 4.05. The quantitative estimate of drug-likeness (QED) is 0.603. The molecule has 1 aromatic heterocycles. The molecule has 2 heterocycles. The largest absolute Gasteiger partial charge is 0.495 e. The van der Waals surface area contributed by atoms with Crippen LogP contribution in [-0.4, -0.2) is 38.7 Å². The van der Waals surface area contributed by atoms with E-state index < -0.39 is 0 Å². The molecule has 1 saturated heterocycles. The number of methoxy groups -OCH3 is 1. The maximum atomic E-state index is 5.51. The molecule has 6 heteroatoms. The third-order valence-electron chi connectivity index (χ3n) is 4.65. The first-order chi connectivity index (χ1) is 12.7. The van der Waals surface area contributed by atoms with E-state index in [1.165, 1.54) is 10.4 Å². The molecule has 0 spiro atoms. The van der Waals surface area contributed by atoms with Gasteiger partial charge in [-0.2, -0.15) is 0 Å². The average Bonchev–Trinajstić information content (AvgIpc) is 3.29. The second-order valence-electron chi connectivity index (χ2n) is 6.47. The molecule has 1 fully saturated rings. The van der Waals surface area contributed by atoms with Crippen molar-refractivity contribution in [3.63, 3.8) is 0 Å². The first-order valence-electron chi connectivity index (χ1n) is 9.17. The molecule has 1 atom stereocenters. The summed E-state index contributed by atoms with van der Waals surface area (Å²) < 4.78 is 5.51. The van der Waals surface area contributed by atoms with Crippen molar-refractivity contribution in [2.75, 3.05) is 31.6 Å². The van der Waals surface area contributed by atoms with Crippen LogP contribution in [0.25, 0.3) is 0 Å². The normalized spacial score (nSPS) is 17.4. The second-order valence-corrected chi connectivity index (χ2v) is 7.47. The number of guanidine groups is 1. The van der Waals surface area contributed by atoms with E-state index in [4.69, 9.17) is 9.73 Å². The molecular formula is C20H28N4OS. The Labute approximate surface area is 160 Å². The van der Waals surface area contributed by atoms with Gasteiger partial charge in [0.1, 0.15) is 5.75 Å². The first-order valence-corrected chi connectivity index (χ1v) is 10.0. The Bertz CT molecular complexity index is 743. The highest BCUT2D eigenvalue weighted by atomic mass is 32.1. The number of para-hydroxylation sites is 2. The van der Waals surface area contributed by atoms with Gasteiger partial charge in [-0.1, -0.05) is 12.1 Å². The number of nitrogens with one attached hydrogen (secondary N) is 2. The van der Waals surface area contributed by atoms with Crippen LogP contribution in [-0.2, 0) is 6.54 Å². The van der Waals surface area contributed by atoms with Crippen LogP contribution < -0.4 is 20.3 Å². The smallest absolute Gasteiger partial charge is 0.191 e. The van der Waals surface area contributed by atoms with Gasteiger partial charge in [-0.3, -0.25) is 0 Å². The van der Waals surface area contributed by atoms with Crippen molar-refractivity contribution in [2.24, 2.45) is 4.99 Å². The lowest BCUT2D eigenvalue weighted by Crippen LogP contribution is -2.44. The fourth-order valence-electron chi connectivity index (χ4n) is 3.22. The summed E-state index contributed by atoms with van der Waals surface area (Å²) in [6.45, 7) is 7.79. The van der Waals surface area contributed by atoms with Crippen molar-refractivity contribution in [3.05, 3.63) is 46.2 Å². The maximum Gasteiger partial charge on any atom is 0.191 e. The molecule has 26 heavy (non-hydrogen) atoms. The lowest BCUT2D eigenvalue weighted by atomic mass is 10.2. The monoisotopic (exact) mass is 372 g/mol. The maximum absolute atomic E-state index is 5.51. The Morgan fingerprint density at radius 2 is 2.19 bits per heavy atom. The first kappa shape index (κ1) is 18.6. The van der Waals surface area contributed by atoms with Crippen molar-refractivity contribution in [3.8, 4) is 5.75 Å². The van der Waals surface area contributed by atoms with Crippen LogP contribution in [0.3, 0.4) is 0 Å². The van der Waals surface area contributed by atoms with Gasteiger partial charge >= 0.3 is 0 Å². The predicted molar refractivity (Wildman–Crippen MR) is 111 cm³/mol. The van der Waals surface area contributed by atoms with E-state index in [2.05, 4.69) is 53.0 Å². The molecule has 0 amide bonds. The number of hydrogen-bond acceptors (Lipinski definition) is 4. The Morgan fingerprint density at radius 1 is 1.35 bits per heavy atom. The van der Waals surface area contributed by atoms with Crippen LogP contribution >= 0.6 is 11.3 Å². The summed E-state index contributed by atoms with van der Waals surface area (Å²) >= 11 is 1.77. The molecule has 140 valence electrons. The SMILES string of the molecule is CCNC(=NCc1sccc1C)NC1CCN(c2ccccc2OC)C1. The van der Waals surface area contributed by atoms with Crippen molar-refractivity contribution in [2.45, 2.75) is 32.9 Å². The molecule has 0 aliphatic carbocycles. The molecular weight excluding hydrogens is 344 g/mol. The topological polar surface area (TPSA) is 48.9 Å². The number of hydrogen-bond donors (Lipinski definition) is 2. The van der Waals surface area contributed by atoms with Gasteiger partial charge in [-0.15, -0.1) is 11.3 Å². The van der Waals surface area contributed by atoms with Gasteiger partial charge in [0.25, 0.3) is 0 Å². The van der Waals surface area contributed by atoms with Crippen LogP contribution in [0.4, 0.5) is 5.69 Å². The minimum atomic E-state index is 0.377. The molecule has 0 radical (unpaired) electrons. The third kappa shape index (κ3) is 4.49. The fraction of sp³-hybridized carbons (Fsp3) is 0.450. The molecule has 3 rings (SSSR count). The number of nitrogens with zero attached hydrogens (tertiary/aromatic N) is 2. The van der Waals surface area contributed by atoms with Gasteiger partial charge in [0.15, 0.2) is 5.96 Å². The summed E-state index contributed by atoms with van der Waals surface area (Å²) in [6, 6.07) is 10.7. The number of ether oxygens (including phenoxy) is 1. The second kappa shape index (κ2) is 8.94. The molecule has 0 saturated carbocycles. The highest BCUT2D eigenvalue weighted by Gasteiger charge is 2.25. The Morgan fingerprint density at radius 3 is 2.92 bits per heavy atom. The van der Waals surface area contributed by atoms with E-state index in [0.717, 1.165) is 50.0 Å². The van der Waals surface area contributed by atoms with Gasteiger partial charge in [0, 0.05) is 30.6 Å². The van der Waals surface area contributed by atoms with Crippen LogP contribution in [0.5, 0.6) is 5.75 Å². The van der Waals surface area contributed by atoms with E-state index in [1.54, 1.807) is 18.4 Å². The Kier molecular flexibility index (Phi) is 6.39. The summed E-state index contributed by atoms with van der Waals surface area (Å²) in [5.41, 5.74) is 2.48. The minimum absolute atomic E-state index is 0.377. The lowest BCUT2D eigenvalue weighted by Gasteiger charge is -2.22. The van der Waals surface area contributed by atoms with Crippen LogP contribution in [0.2, 0.25) is 0 Å². The molecule has 1 unspecified atom stereocenters. The summed E-state index contributed by atoms with van der Waals surface area (Å²) in [5.74, 6) is 1.83. The van der Waals surface area contributed by atoms with Crippen molar-refractivity contribution in [1.29, 1.82) is 0 Å². The van der Waals surface area contributed by atoms with Crippen LogP contribution in [0.15, 0.2) is 40.7 Å². The van der Waals surface area contributed by atoms with Gasteiger partial charge in [0.2, 0.25) is 0 Å². The zero-order valence-electron chi connectivity index (χ0n) is 15.8. The number of aliphatic imine (C=N–C) groups is 1. The van der Waals surface area contributed by atoms with Crippen LogP contribution in [0, 0.1) is 6.92 Å². The molecule has 1 aliphatic heterocycles. The van der Waals surface area contributed by atoms with Crippen molar-refractivity contribution in [1.82, 2.24) is 10.6 Å². The molecule has 0 bridgehead atoms. The van der Waals surface area contributed by atoms with Gasteiger partial charge in [-0.05, 0) is 49.4 Å². The number of benzene rings is 1. The summed E-state index contributed by atoms with van der Waals surface area (Å²) in [5, 5.41) is 9.09. The zero-order valence-corrected chi connectivity index (χ0v) is 16.6. The summed E-state index contributed by atoms with van der Waals surface area (Å²) in [6.07, 6.45) is 1.08. The highest BCUT2D eigenvalue weighted by molar-refractivity contribution is 7.10. The highest BCUT2D eigenvalue weighted by Crippen LogP contribution is 2.30. The van der Waals surface area contributed by atoms with Gasteiger partial charge in [-0.25, -0.2) is 4.99 Å². The van der Waals surface area contributed by atoms with E-state index >= 15 is 0 Å².